The average Bonchev–Trinajstić information content (AvgIpc) is 3.26. The van der Waals surface area contributed by atoms with Crippen LogP contribution in [-0.4, -0.2) is 65.1 Å². The number of nitrogens with one attached hydrogen (secondary N) is 5. The molecule has 224 valence electrons. The zero-order chi connectivity index (χ0) is 29.9. The van der Waals surface area contributed by atoms with Crippen molar-refractivity contribution in [2.75, 3.05) is 6.54 Å². The van der Waals surface area contributed by atoms with Crippen LogP contribution in [0.2, 0.25) is 0 Å². The maximum Gasteiger partial charge on any atom is 0.481 e. The largest absolute Gasteiger partial charge is 0.481 e. The van der Waals surface area contributed by atoms with Gasteiger partial charge in [-0.25, -0.2) is 10.1 Å². The Morgan fingerprint density at radius 1 is 1.27 bits per heavy atom. The molecule has 4 aliphatic rings. The van der Waals surface area contributed by atoms with E-state index in [1.165, 1.54) is 6.20 Å². The fraction of sp³-hybridized carbons (Fsp3) is 0.704. The van der Waals surface area contributed by atoms with Gasteiger partial charge in [0, 0.05) is 18.9 Å². The minimum atomic E-state index is -0.900. The molecule has 0 aromatic carbocycles. The van der Waals surface area contributed by atoms with E-state index >= 15 is 0 Å². The van der Waals surface area contributed by atoms with Crippen molar-refractivity contribution in [3.8, 4) is 0 Å². The van der Waals surface area contributed by atoms with E-state index < -0.39 is 41.6 Å². The van der Waals surface area contributed by atoms with Gasteiger partial charge in [-0.05, 0) is 74.3 Å². The van der Waals surface area contributed by atoms with Gasteiger partial charge in [0.25, 0.3) is 11.9 Å². The summed E-state index contributed by atoms with van der Waals surface area (Å²) in [6.07, 6.45) is 6.25. The van der Waals surface area contributed by atoms with Crippen molar-refractivity contribution in [3.63, 3.8) is 0 Å². The molecule has 2 heterocycles. The third-order valence-electron chi connectivity index (χ3n) is 9.07. The topological polar surface area (TPSA) is 181 Å². The lowest BCUT2D eigenvalue weighted by Crippen LogP contribution is -2.65. The maximum atomic E-state index is 13.7. The summed E-state index contributed by atoms with van der Waals surface area (Å²) in [5.74, 6) is -0.444. The number of hydrazine groups is 1. The lowest BCUT2D eigenvalue weighted by molar-refractivity contribution is -0.525. The number of pyridine rings is 1. The second-order valence-electron chi connectivity index (χ2n) is 12.7. The van der Waals surface area contributed by atoms with Crippen molar-refractivity contribution >= 4 is 24.9 Å². The Kier molecular flexibility index (Phi) is 9.22. The quantitative estimate of drug-likeness (QED) is 0.0627. The number of carbonyl (C=O) groups is 2. The number of rotatable bonds is 12. The monoisotopic (exact) mass is 571 g/mol. The van der Waals surface area contributed by atoms with Gasteiger partial charge in [-0.3, -0.25) is 20.0 Å². The Morgan fingerprint density at radius 3 is 2.66 bits per heavy atom. The summed E-state index contributed by atoms with van der Waals surface area (Å²) in [4.78, 5) is 41.1. The lowest BCUT2D eigenvalue weighted by atomic mass is 9.43. The first-order chi connectivity index (χ1) is 19.3. The van der Waals surface area contributed by atoms with Crippen LogP contribution in [0.15, 0.2) is 24.5 Å². The smallest absolute Gasteiger partial charge is 0.404 e. The van der Waals surface area contributed by atoms with Gasteiger partial charge in [0.1, 0.15) is 6.04 Å². The second kappa shape index (κ2) is 12.3. The first kappa shape index (κ1) is 30.7. The number of nitro groups is 1. The molecule has 5 rings (SSSR count). The van der Waals surface area contributed by atoms with E-state index in [-0.39, 0.29) is 36.3 Å². The fourth-order valence-corrected chi connectivity index (χ4v) is 6.76. The van der Waals surface area contributed by atoms with Crippen molar-refractivity contribution in [3.05, 3.63) is 40.2 Å². The Labute approximate surface area is 241 Å². The van der Waals surface area contributed by atoms with Gasteiger partial charge < -0.3 is 25.3 Å². The van der Waals surface area contributed by atoms with E-state index in [1.54, 1.807) is 23.8 Å². The van der Waals surface area contributed by atoms with E-state index in [1.807, 2.05) is 0 Å². The van der Waals surface area contributed by atoms with Crippen molar-refractivity contribution in [1.82, 2.24) is 26.4 Å². The minimum Gasteiger partial charge on any atom is -0.404 e. The predicted molar refractivity (Wildman–Crippen MR) is 152 cm³/mol. The molecule has 1 aliphatic heterocycles. The SMILES string of the molecule is CC(C)C[C@H](NC(=O)[C@H](CCCNC(=N)N[N+](=O)[O-])NC(=O)c1cccnc1)B1O[C@@H]2C[C@@H]3C[C@@H](C3(C)C)[C@]2(C)O1. The van der Waals surface area contributed by atoms with Gasteiger partial charge in [0.2, 0.25) is 5.91 Å². The molecule has 0 unspecified atom stereocenters. The number of amides is 2. The van der Waals surface area contributed by atoms with Crippen LogP contribution >= 0.6 is 0 Å². The molecule has 1 aromatic rings. The Balaban J connectivity index is 1.44. The highest BCUT2D eigenvalue weighted by Crippen LogP contribution is 2.65. The van der Waals surface area contributed by atoms with Gasteiger partial charge in [-0.2, -0.15) is 0 Å². The van der Waals surface area contributed by atoms with Gasteiger partial charge in [0.05, 0.1) is 23.2 Å². The van der Waals surface area contributed by atoms with Crippen LogP contribution < -0.4 is 21.4 Å². The van der Waals surface area contributed by atoms with E-state index in [4.69, 9.17) is 14.7 Å². The molecule has 0 radical (unpaired) electrons. The van der Waals surface area contributed by atoms with Crippen LogP contribution in [0.3, 0.4) is 0 Å². The first-order valence-electron chi connectivity index (χ1n) is 14.4. The Bertz CT molecular complexity index is 1140. The summed E-state index contributed by atoms with van der Waals surface area (Å²) >= 11 is 0. The number of nitrogens with zero attached hydrogens (tertiary/aromatic N) is 2. The number of hydrogen-bond acceptors (Lipinski definition) is 8. The number of guanidine groups is 1. The van der Waals surface area contributed by atoms with Gasteiger partial charge in [-0.1, -0.05) is 33.1 Å². The van der Waals surface area contributed by atoms with Crippen molar-refractivity contribution in [2.24, 2.45) is 23.2 Å². The van der Waals surface area contributed by atoms with Crippen LogP contribution in [0, 0.1) is 38.7 Å². The third kappa shape index (κ3) is 6.80. The summed E-state index contributed by atoms with van der Waals surface area (Å²) in [7, 11) is -0.600. The predicted octanol–water partition coefficient (Wildman–Crippen LogP) is 2.06. The van der Waals surface area contributed by atoms with Gasteiger partial charge >= 0.3 is 7.12 Å². The summed E-state index contributed by atoms with van der Waals surface area (Å²) in [5, 5.41) is 25.8. The molecule has 3 saturated carbocycles. The number of carbonyl (C=O) groups excluding carboxylic acids is 2. The fourth-order valence-electron chi connectivity index (χ4n) is 6.76. The molecule has 5 N–H and O–H groups in total. The molecule has 0 spiro atoms. The van der Waals surface area contributed by atoms with Crippen molar-refractivity contribution < 1.29 is 23.9 Å². The molecule has 41 heavy (non-hydrogen) atoms. The molecule has 14 heteroatoms. The summed E-state index contributed by atoms with van der Waals surface area (Å²) < 4.78 is 13.1. The minimum absolute atomic E-state index is 0.0221. The molecule has 13 nitrogen and oxygen atoms in total. The lowest BCUT2D eigenvalue weighted by Gasteiger charge is -2.64. The zero-order valence-electron chi connectivity index (χ0n) is 24.4. The summed E-state index contributed by atoms with van der Waals surface area (Å²) in [6, 6.07) is 2.35. The third-order valence-corrected chi connectivity index (χ3v) is 9.07. The zero-order valence-corrected chi connectivity index (χ0v) is 24.4. The van der Waals surface area contributed by atoms with Gasteiger partial charge in [-0.15, -0.1) is 0 Å². The molecule has 3 aliphatic carbocycles. The summed E-state index contributed by atoms with van der Waals surface area (Å²) in [5.41, 5.74) is 1.83. The maximum absolute atomic E-state index is 13.7. The highest BCUT2D eigenvalue weighted by Gasteiger charge is 2.68. The summed E-state index contributed by atoms with van der Waals surface area (Å²) in [6.45, 7) is 11.1. The highest BCUT2D eigenvalue weighted by molar-refractivity contribution is 6.48. The Morgan fingerprint density at radius 2 is 2.02 bits per heavy atom. The Hall–Kier alpha value is -3.26. The van der Waals surface area contributed by atoms with Crippen LogP contribution in [-0.2, 0) is 14.1 Å². The standard InChI is InChI=1S/C27H42BN7O6/c1-16(2)12-22(28-40-21-14-18-13-20(26(18,3)4)27(21,5)41-28)33-24(37)19(9-7-11-31-25(29)34-35(38)39)32-23(36)17-8-6-10-30-15-17/h6,8,10,15-16,18-22H,7,9,11-14H2,1-5H3,(H,32,36)(H,33,37)(H3,29,31,34)/t18-,19-,20-,21+,22-,27-/m0/s1. The van der Waals surface area contributed by atoms with Crippen molar-refractivity contribution in [2.45, 2.75) is 90.4 Å². The van der Waals surface area contributed by atoms with E-state index in [2.05, 4.69) is 55.6 Å². The van der Waals surface area contributed by atoms with Gasteiger partial charge in [0.15, 0.2) is 5.03 Å². The number of aromatic nitrogens is 1. The molecule has 1 saturated heterocycles. The second-order valence-corrected chi connectivity index (χ2v) is 12.7. The normalized spacial score (nSPS) is 27.2. The van der Waals surface area contributed by atoms with Crippen LogP contribution in [0.4, 0.5) is 0 Å². The highest BCUT2D eigenvalue weighted by atomic mass is 16.7. The average molecular weight is 571 g/mol. The van der Waals surface area contributed by atoms with Crippen LogP contribution in [0.5, 0.6) is 0 Å². The van der Waals surface area contributed by atoms with E-state index in [0.717, 1.165) is 12.8 Å². The van der Waals surface area contributed by atoms with E-state index in [0.29, 0.717) is 30.2 Å². The first-order valence-corrected chi connectivity index (χ1v) is 14.4. The van der Waals surface area contributed by atoms with Crippen LogP contribution in [0.25, 0.3) is 0 Å². The molecule has 2 amide bonds. The molecule has 6 atom stereocenters. The molecule has 1 aromatic heterocycles. The van der Waals surface area contributed by atoms with Crippen molar-refractivity contribution in [1.29, 1.82) is 5.41 Å². The van der Waals surface area contributed by atoms with E-state index in [9.17, 15) is 19.7 Å². The molecular formula is C27H42BN7O6. The molecule has 4 fully saturated rings. The van der Waals surface area contributed by atoms with Crippen LogP contribution in [0.1, 0.15) is 77.1 Å². The molecular weight excluding hydrogens is 529 g/mol. The molecule has 2 bridgehead atoms. The number of hydrogen-bond donors (Lipinski definition) is 5.